The van der Waals surface area contributed by atoms with Crippen LogP contribution >= 0.6 is 11.3 Å². The van der Waals surface area contributed by atoms with Gasteiger partial charge in [0, 0.05) is 11.5 Å². The van der Waals surface area contributed by atoms with Crippen molar-refractivity contribution in [1.29, 1.82) is 0 Å². The van der Waals surface area contributed by atoms with Crippen LogP contribution in [0.5, 0.6) is 0 Å². The molecule has 0 bridgehead atoms. The van der Waals surface area contributed by atoms with Gasteiger partial charge in [-0.3, -0.25) is 0 Å². The van der Waals surface area contributed by atoms with Gasteiger partial charge in [0.05, 0.1) is 25.4 Å². The highest BCUT2D eigenvalue weighted by atomic mass is 32.1. The van der Waals surface area contributed by atoms with Gasteiger partial charge in [-0.05, 0) is 19.4 Å². The number of hydrogen-bond donors (Lipinski definition) is 1. The number of anilines is 1. The number of carbonyl (C=O) groups is 1. The van der Waals surface area contributed by atoms with E-state index in [0.29, 0.717) is 17.5 Å². The molecule has 0 aromatic carbocycles. The molecule has 2 heterocycles. The summed E-state index contributed by atoms with van der Waals surface area (Å²) in [6, 6.07) is 2.28. The van der Waals surface area contributed by atoms with Crippen molar-refractivity contribution in [2.45, 2.75) is 19.4 Å². The molecule has 1 N–H and O–H groups in total. The Bertz CT molecular complexity index is 383. The Morgan fingerprint density at radius 1 is 1.69 bits per heavy atom. The van der Waals surface area contributed by atoms with Crippen molar-refractivity contribution in [2.24, 2.45) is 0 Å². The van der Waals surface area contributed by atoms with Crippen molar-refractivity contribution in [3.63, 3.8) is 0 Å². The first kappa shape index (κ1) is 11.4. The maximum Gasteiger partial charge on any atom is 0.350 e. The molecule has 0 spiro atoms. The summed E-state index contributed by atoms with van der Waals surface area (Å²) in [5, 5.41) is 3.33. The molecule has 1 aromatic rings. The van der Waals surface area contributed by atoms with Crippen molar-refractivity contribution in [3.8, 4) is 0 Å². The number of carbonyl (C=O) groups excluding carboxylic acids is 1. The predicted molar refractivity (Wildman–Crippen MR) is 63.2 cm³/mol. The molecular formula is C11H15NO3S. The summed E-state index contributed by atoms with van der Waals surface area (Å²) < 4.78 is 10.0. The second-order valence-electron chi connectivity index (χ2n) is 3.80. The summed E-state index contributed by atoms with van der Waals surface area (Å²) in [6.07, 6.45) is 0.982. The first-order valence-corrected chi connectivity index (χ1v) is 6.05. The number of hydrogen-bond acceptors (Lipinski definition) is 5. The van der Waals surface area contributed by atoms with Gasteiger partial charge in [0.2, 0.25) is 0 Å². The number of methoxy groups -OCH3 is 1. The normalized spacial score (nSPS) is 19.8. The van der Waals surface area contributed by atoms with Crippen molar-refractivity contribution in [1.82, 2.24) is 0 Å². The van der Waals surface area contributed by atoms with Crippen LogP contribution < -0.4 is 5.32 Å². The molecule has 1 unspecified atom stereocenters. The van der Waals surface area contributed by atoms with Gasteiger partial charge in [-0.1, -0.05) is 0 Å². The third kappa shape index (κ3) is 2.36. The summed E-state index contributed by atoms with van der Waals surface area (Å²) in [5.74, 6) is -0.278. The summed E-state index contributed by atoms with van der Waals surface area (Å²) in [4.78, 5) is 13.3. The molecule has 4 nitrogen and oxygen atoms in total. The van der Waals surface area contributed by atoms with E-state index in [2.05, 4.69) is 5.32 Å². The summed E-state index contributed by atoms with van der Waals surface area (Å²) in [7, 11) is 1.40. The number of esters is 1. The Labute approximate surface area is 98.6 Å². The fourth-order valence-electron chi connectivity index (χ4n) is 1.73. The zero-order valence-corrected chi connectivity index (χ0v) is 10.2. The minimum atomic E-state index is -0.278. The Kier molecular flexibility index (Phi) is 3.46. The van der Waals surface area contributed by atoms with Gasteiger partial charge in [0.15, 0.2) is 0 Å². The average Bonchev–Trinajstić information content (AvgIpc) is 2.88. The van der Waals surface area contributed by atoms with Gasteiger partial charge in [-0.25, -0.2) is 4.79 Å². The Balaban J connectivity index is 2.15. The van der Waals surface area contributed by atoms with E-state index in [1.54, 1.807) is 0 Å². The molecule has 0 amide bonds. The highest BCUT2D eigenvalue weighted by Crippen LogP contribution is 2.28. The summed E-state index contributed by atoms with van der Waals surface area (Å²) >= 11 is 1.45. The smallest absolute Gasteiger partial charge is 0.350 e. The molecule has 1 aliphatic heterocycles. The SMILES string of the molecule is COC(=O)c1sc(C)cc1NC1CCOC1. The second-order valence-corrected chi connectivity index (χ2v) is 5.05. The van der Waals surface area contributed by atoms with Crippen LogP contribution in [0.1, 0.15) is 21.0 Å². The second kappa shape index (κ2) is 4.84. The maximum atomic E-state index is 11.5. The Hall–Kier alpha value is -1.07. The summed E-state index contributed by atoms with van der Waals surface area (Å²) in [5.41, 5.74) is 0.866. The van der Waals surface area contributed by atoms with Crippen molar-refractivity contribution in [2.75, 3.05) is 25.6 Å². The van der Waals surface area contributed by atoms with Crippen LogP contribution in [0.3, 0.4) is 0 Å². The van der Waals surface area contributed by atoms with Crippen LogP contribution in [0.15, 0.2) is 6.07 Å². The van der Waals surface area contributed by atoms with E-state index in [0.717, 1.165) is 23.6 Å². The average molecular weight is 241 g/mol. The maximum absolute atomic E-state index is 11.5. The van der Waals surface area contributed by atoms with Gasteiger partial charge in [-0.15, -0.1) is 11.3 Å². The quantitative estimate of drug-likeness (QED) is 0.823. The molecule has 16 heavy (non-hydrogen) atoms. The van der Waals surface area contributed by atoms with Crippen LogP contribution in [0.4, 0.5) is 5.69 Å². The van der Waals surface area contributed by atoms with Gasteiger partial charge in [0.1, 0.15) is 4.88 Å². The lowest BCUT2D eigenvalue weighted by Crippen LogP contribution is -2.20. The van der Waals surface area contributed by atoms with E-state index < -0.39 is 0 Å². The lowest BCUT2D eigenvalue weighted by atomic mass is 10.2. The Morgan fingerprint density at radius 2 is 2.50 bits per heavy atom. The van der Waals surface area contributed by atoms with Gasteiger partial charge >= 0.3 is 5.97 Å². The molecular weight excluding hydrogens is 226 g/mol. The third-order valence-electron chi connectivity index (χ3n) is 2.52. The van der Waals surface area contributed by atoms with Gasteiger partial charge < -0.3 is 14.8 Å². The Morgan fingerprint density at radius 3 is 3.12 bits per heavy atom. The van der Waals surface area contributed by atoms with Crippen molar-refractivity contribution >= 4 is 23.0 Å². The van der Waals surface area contributed by atoms with Gasteiger partial charge in [0.25, 0.3) is 0 Å². The number of rotatable bonds is 3. The minimum absolute atomic E-state index is 0.278. The standard InChI is InChI=1S/C11H15NO3S/c1-7-5-9(10(16-7)11(13)14-2)12-8-3-4-15-6-8/h5,8,12H,3-4,6H2,1-2H3. The molecule has 2 rings (SSSR count). The highest BCUT2D eigenvalue weighted by molar-refractivity contribution is 7.14. The lowest BCUT2D eigenvalue weighted by molar-refractivity contribution is 0.0607. The fraction of sp³-hybridized carbons (Fsp3) is 0.545. The molecule has 0 saturated carbocycles. The molecule has 1 aliphatic rings. The van der Waals surface area contributed by atoms with E-state index >= 15 is 0 Å². The monoisotopic (exact) mass is 241 g/mol. The van der Waals surface area contributed by atoms with Crippen molar-refractivity contribution < 1.29 is 14.3 Å². The number of aryl methyl sites for hydroxylation is 1. The lowest BCUT2D eigenvalue weighted by Gasteiger charge is -2.11. The molecule has 1 saturated heterocycles. The summed E-state index contributed by atoms with van der Waals surface area (Å²) in [6.45, 7) is 3.47. The van der Waals surface area contributed by atoms with E-state index in [9.17, 15) is 4.79 Å². The molecule has 1 fully saturated rings. The first-order valence-electron chi connectivity index (χ1n) is 5.23. The third-order valence-corrected chi connectivity index (χ3v) is 3.55. The van der Waals surface area contributed by atoms with Crippen LogP contribution in [0.25, 0.3) is 0 Å². The largest absolute Gasteiger partial charge is 0.465 e. The molecule has 88 valence electrons. The zero-order valence-electron chi connectivity index (χ0n) is 9.41. The van der Waals surface area contributed by atoms with Gasteiger partial charge in [-0.2, -0.15) is 0 Å². The number of nitrogens with one attached hydrogen (secondary N) is 1. The van der Waals surface area contributed by atoms with Crippen molar-refractivity contribution in [3.05, 3.63) is 15.8 Å². The molecule has 1 atom stereocenters. The molecule has 1 aromatic heterocycles. The van der Waals surface area contributed by atoms with Crippen LogP contribution in [0.2, 0.25) is 0 Å². The van der Waals surface area contributed by atoms with E-state index in [1.165, 1.54) is 18.4 Å². The van der Waals surface area contributed by atoms with Crippen LogP contribution in [-0.2, 0) is 9.47 Å². The van der Waals surface area contributed by atoms with E-state index in [4.69, 9.17) is 9.47 Å². The molecule has 0 aliphatic carbocycles. The fourth-order valence-corrected chi connectivity index (χ4v) is 2.63. The predicted octanol–water partition coefficient (Wildman–Crippen LogP) is 2.04. The van der Waals surface area contributed by atoms with E-state index in [-0.39, 0.29) is 5.97 Å². The minimum Gasteiger partial charge on any atom is -0.465 e. The molecule has 5 heteroatoms. The van der Waals surface area contributed by atoms with Crippen LogP contribution in [0, 0.1) is 6.92 Å². The van der Waals surface area contributed by atoms with Crippen LogP contribution in [-0.4, -0.2) is 32.3 Å². The molecule has 0 radical (unpaired) electrons. The topological polar surface area (TPSA) is 47.6 Å². The first-order chi connectivity index (χ1) is 7.70. The number of ether oxygens (including phenoxy) is 2. The number of thiophene rings is 1. The zero-order chi connectivity index (χ0) is 11.5. The highest BCUT2D eigenvalue weighted by Gasteiger charge is 2.20. The van der Waals surface area contributed by atoms with E-state index in [1.807, 2.05) is 13.0 Å².